The zero-order chi connectivity index (χ0) is 16.7. The Bertz CT molecular complexity index is 530. The number of likely N-dealkylation sites (tertiary alicyclic amines) is 1. The second-order valence-corrected chi connectivity index (χ2v) is 6.48. The number of aliphatic carboxylic acids is 1. The van der Waals surface area contributed by atoms with E-state index in [4.69, 9.17) is 14.6 Å². The first-order valence-corrected chi connectivity index (χ1v) is 8.91. The van der Waals surface area contributed by atoms with E-state index in [1.165, 1.54) is 12.8 Å². The summed E-state index contributed by atoms with van der Waals surface area (Å²) in [4.78, 5) is 13.1. The molecule has 0 saturated carbocycles. The number of carbonyl (C=O) groups is 1. The zero-order valence-corrected chi connectivity index (χ0v) is 15.1. The average Bonchev–Trinajstić information content (AvgIpc) is 3.01. The molecule has 1 aromatic rings. The van der Waals surface area contributed by atoms with E-state index in [-0.39, 0.29) is 6.42 Å². The minimum atomic E-state index is -0.801. The first-order valence-electron chi connectivity index (χ1n) is 8.12. The van der Waals surface area contributed by atoms with Crippen molar-refractivity contribution >= 4 is 21.9 Å². The molecule has 6 heteroatoms. The second kappa shape index (κ2) is 9.13. The first kappa shape index (κ1) is 18.1. The van der Waals surface area contributed by atoms with Crippen molar-refractivity contribution in [3.05, 3.63) is 22.2 Å². The molecular formula is C17H24BrNO4. The standard InChI is InChI=1S/C17H24BrNO4/c1-2-22-15-12-13(5-6-16(20)21)11-14(18)17(15)23-10-9-19-7-3-4-8-19/h11-12H,2-10H2,1H3,(H,20,21). The van der Waals surface area contributed by atoms with Crippen molar-refractivity contribution in [2.75, 3.05) is 32.8 Å². The molecule has 1 N–H and O–H groups in total. The van der Waals surface area contributed by atoms with Crippen LogP contribution in [0.25, 0.3) is 0 Å². The summed E-state index contributed by atoms with van der Waals surface area (Å²) >= 11 is 3.52. The molecule has 0 bridgehead atoms. The minimum Gasteiger partial charge on any atom is -0.490 e. The van der Waals surface area contributed by atoms with Crippen LogP contribution >= 0.6 is 15.9 Å². The Balaban J connectivity index is 2.02. The van der Waals surface area contributed by atoms with Gasteiger partial charge in [-0.05, 0) is 72.9 Å². The lowest BCUT2D eigenvalue weighted by Gasteiger charge is -2.18. The first-order chi connectivity index (χ1) is 11.1. The smallest absolute Gasteiger partial charge is 0.303 e. The summed E-state index contributed by atoms with van der Waals surface area (Å²) in [6.45, 7) is 6.29. The van der Waals surface area contributed by atoms with Crippen LogP contribution in [-0.4, -0.2) is 48.8 Å². The molecule has 23 heavy (non-hydrogen) atoms. The van der Waals surface area contributed by atoms with Crippen LogP contribution in [-0.2, 0) is 11.2 Å². The largest absolute Gasteiger partial charge is 0.490 e. The molecule has 2 rings (SSSR count). The number of carboxylic acid groups (broad SMARTS) is 1. The summed E-state index contributed by atoms with van der Waals surface area (Å²) in [6, 6.07) is 3.79. The van der Waals surface area contributed by atoms with Gasteiger partial charge in [-0.2, -0.15) is 0 Å². The van der Waals surface area contributed by atoms with E-state index in [2.05, 4.69) is 20.8 Å². The van der Waals surface area contributed by atoms with Crippen LogP contribution in [0.4, 0.5) is 0 Å². The molecule has 1 aliphatic heterocycles. The maximum atomic E-state index is 10.7. The van der Waals surface area contributed by atoms with E-state index < -0.39 is 5.97 Å². The molecule has 0 aromatic heterocycles. The lowest BCUT2D eigenvalue weighted by molar-refractivity contribution is -0.136. The Morgan fingerprint density at radius 2 is 2.04 bits per heavy atom. The van der Waals surface area contributed by atoms with Gasteiger partial charge in [0.2, 0.25) is 0 Å². The number of hydrogen-bond donors (Lipinski definition) is 1. The van der Waals surface area contributed by atoms with Gasteiger partial charge in [-0.1, -0.05) is 0 Å². The number of benzene rings is 1. The molecule has 0 radical (unpaired) electrons. The molecule has 1 saturated heterocycles. The lowest BCUT2D eigenvalue weighted by atomic mass is 10.1. The summed E-state index contributed by atoms with van der Waals surface area (Å²) in [7, 11) is 0. The van der Waals surface area contributed by atoms with E-state index >= 15 is 0 Å². The highest BCUT2D eigenvalue weighted by atomic mass is 79.9. The average molecular weight is 386 g/mol. The van der Waals surface area contributed by atoms with E-state index in [0.717, 1.165) is 29.7 Å². The van der Waals surface area contributed by atoms with Gasteiger partial charge in [0, 0.05) is 13.0 Å². The van der Waals surface area contributed by atoms with Crippen molar-refractivity contribution in [1.82, 2.24) is 4.90 Å². The van der Waals surface area contributed by atoms with Crippen LogP contribution in [0, 0.1) is 0 Å². The van der Waals surface area contributed by atoms with Crippen molar-refractivity contribution in [2.24, 2.45) is 0 Å². The molecule has 0 amide bonds. The summed E-state index contributed by atoms with van der Waals surface area (Å²) in [5.41, 5.74) is 0.926. The van der Waals surface area contributed by atoms with Crippen molar-refractivity contribution < 1.29 is 19.4 Å². The summed E-state index contributed by atoms with van der Waals surface area (Å²) in [5.74, 6) is 0.568. The van der Waals surface area contributed by atoms with Gasteiger partial charge in [-0.25, -0.2) is 0 Å². The predicted molar refractivity (Wildman–Crippen MR) is 92.4 cm³/mol. The van der Waals surface area contributed by atoms with E-state index in [0.29, 0.717) is 31.1 Å². The fraction of sp³-hybridized carbons (Fsp3) is 0.588. The lowest BCUT2D eigenvalue weighted by Crippen LogP contribution is -2.25. The van der Waals surface area contributed by atoms with Gasteiger partial charge in [-0.15, -0.1) is 0 Å². The molecule has 1 heterocycles. The summed E-state index contributed by atoms with van der Waals surface area (Å²) in [5, 5.41) is 8.82. The number of nitrogens with zero attached hydrogens (tertiary/aromatic N) is 1. The second-order valence-electron chi connectivity index (χ2n) is 5.63. The van der Waals surface area contributed by atoms with Crippen LogP contribution in [0.1, 0.15) is 31.7 Å². The molecular weight excluding hydrogens is 362 g/mol. The van der Waals surface area contributed by atoms with Crippen LogP contribution in [0.2, 0.25) is 0 Å². The van der Waals surface area contributed by atoms with Crippen molar-refractivity contribution in [3.63, 3.8) is 0 Å². The van der Waals surface area contributed by atoms with Gasteiger partial charge in [0.05, 0.1) is 11.1 Å². The van der Waals surface area contributed by atoms with Crippen LogP contribution in [0.15, 0.2) is 16.6 Å². The summed E-state index contributed by atoms with van der Waals surface area (Å²) < 4.78 is 12.4. The highest BCUT2D eigenvalue weighted by molar-refractivity contribution is 9.10. The van der Waals surface area contributed by atoms with Crippen LogP contribution in [0.5, 0.6) is 11.5 Å². The zero-order valence-electron chi connectivity index (χ0n) is 13.5. The van der Waals surface area contributed by atoms with E-state index in [1.807, 2.05) is 19.1 Å². The molecule has 0 aliphatic carbocycles. The Morgan fingerprint density at radius 1 is 1.30 bits per heavy atom. The molecule has 0 unspecified atom stereocenters. The van der Waals surface area contributed by atoms with Crippen molar-refractivity contribution in [1.29, 1.82) is 0 Å². The SMILES string of the molecule is CCOc1cc(CCC(=O)O)cc(Br)c1OCCN1CCCC1. The molecule has 1 aliphatic rings. The summed E-state index contributed by atoms with van der Waals surface area (Å²) in [6.07, 6.45) is 3.12. The minimum absolute atomic E-state index is 0.104. The molecule has 1 fully saturated rings. The molecule has 1 aromatic carbocycles. The quantitative estimate of drug-likeness (QED) is 0.706. The van der Waals surface area contributed by atoms with Gasteiger partial charge >= 0.3 is 5.97 Å². The van der Waals surface area contributed by atoms with Gasteiger partial charge in [0.1, 0.15) is 6.61 Å². The Morgan fingerprint density at radius 3 is 2.70 bits per heavy atom. The number of aryl methyl sites for hydroxylation is 1. The highest BCUT2D eigenvalue weighted by Crippen LogP contribution is 2.37. The maximum absolute atomic E-state index is 10.7. The third-order valence-electron chi connectivity index (χ3n) is 3.85. The van der Waals surface area contributed by atoms with E-state index in [1.54, 1.807) is 0 Å². The normalized spacial score (nSPS) is 14.9. The van der Waals surface area contributed by atoms with Gasteiger partial charge < -0.3 is 14.6 Å². The van der Waals surface area contributed by atoms with Crippen molar-refractivity contribution in [3.8, 4) is 11.5 Å². The fourth-order valence-electron chi connectivity index (χ4n) is 2.70. The number of ether oxygens (including phenoxy) is 2. The molecule has 5 nitrogen and oxygen atoms in total. The molecule has 0 atom stereocenters. The number of hydrogen-bond acceptors (Lipinski definition) is 4. The Labute approximate surface area is 145 Å². The van der Waals surface area contributed by atoms with E-state index in [9.17, 15) is 4.79 Å². The van der Waals surface area contributed by atoms with Gasteiger partial charge in [0.15, 0.2) is 11.5 Å². The number of rotatable bonds is 9. The van der Waals surface area contributed by atoms with Gasteiger partial charge in [-0.3, -0.25) is 9.69 Å². The van der Waals surface area contributed by atoms with Crippen LogP contribution < -0.4 is 9.47 Å². The van der Waals surface area contributed by atoms with Gasteiger partial charge in [0.25, 0.3) is 0 Å². The maximum Gasteiger partial charge on any atom is 0.303 e. The molecule has 128 valence electrons. The third kappa shape index (κ3) is 5.70. The third-order valence-corrected chi connectivity index (χ3v) is 4.44. The monoisotopic (exact) mass is 385 g/mol. The topological polar surface area (TPSA) is 59.0 Å². The fourth-order valence-corrected chi connectivity index (χ4v) is 3.31. The van der Waals surface area contributed by atoms with Crippen LogP contribution in [0.3, 0.4) is 0 Å². The molecule has 0 spiro atoms. The Kier molecular flexibility index (Phi) is 7.17. The van der Waals surface area contributed by atoms with Crippen molar-refractivity contribution in [2.45, 2.75) is 32.6 Å². The number of carboxylic acids is 1. The highest BCUT2D eigenvalue weighted by Gasteiger charge is 2.15. The Hall–Kier alpha value is -1.27. The number of halogens is 1. The predicted octanol–water partition coefficient (Wildman–Crippen LogP) is 3.34.